The lowest BCUT2D eigenvalue weighted by Crippen LogP contribution is -2.42. The number of carbonyl (C=O) groups is 1. The fourth-order valence-electron chi connectivity index (χ4n) is 3.47. The molecular formula is C19H29NO4. The molecule has 1 aromatic rings. The fraction of sp³-hybridized carbons (Fsp3) is 0.632. The highest BCUT2D eigenvalue weighted by atomic mass is 16.5. The minimum absolute atomic E-state index is 0.0184. The molecule has 2 rings (SSSR count). The van der Waals surface area contributed by atoms with E-state index in [1.54, 1.807) is 7.11 Å². The summed E-state index contributed by atoms with van der Waals surface area (Å²) in [5.74, 6) is 0.821. The van der Waals surface area contributed by atoms with Crippen LogP contribution in [0, 0.1) is 26.7 Å². The number of benzene rings is 1. The SMILES string of the molecule is CO[C@@H]1C[C@H](C(=O)NCCOc2c(C)cc(C)cc2C)CC[C@@H]1O. The van der Waals surface area contributed by atoms with Gasteiger partial charge >= 0.3 is 0 Å². The van der Waals surface area contributed by atoms with E-state index in [0.717, 1.165) is 16.9 Å². The van der Waals surface area contributed by atoms with Crippen molar-refractivity contribution in [3.63, 3.8) is 0 Å². The van der Waals surface area contributed by atoms with Gasteiger partial charge in [0.15, 0.2) is 0 Å². The van der Waals surface area contributed by atoms with E-state index in [0.29, 0.717) is 32.4 Å². The van der Waals surface area contributed by atoms with E-state index >= 15 is 0 Å². The summed E-state index contributed by atoms with van der Waals surface area (Å²) < 4.78 is 11.1. The van der Waals surface area contributed by atoms with Gasteiger partial charge in [-0.3, -0.25) is 4.79 Å². The van der Waals surface area contributed by atoms with Gasteiger partial charge in [0.1, 0.15) is 12.4 Å². The number of carbonyl (C=O) groups excluding carboxylic acids is 1. The van der Waals surface area contributed by atoms with Crippen molar-refractivity contribution < 1.29 is 19.4 Å². The first-order chi connectivity index (χ1) is 11.4. The molecule has 1 aliphatic carbocycles. The maximum absolute atomic E-state index is 12.3. The van der Waals surface area contributed by atoms with Crippen LogP contribution in [0.3, 0.4) is 0 Å². The molecule has 24 heavy (non-hydrogen) atoms. The molecule has 1 amide bonds. The number of aryl methyl sites for hydroxylation is 3. The van der Waals surface area contributed by atoms with Crippen molar-refractivity contribution in [1.82, 2.24) is 5.32 Å². The molecule has 1 saturated carbocycles. The van der Waals surface area contributed by atoms with Gasteiger partial charge in [-0.1, -0.05) is 17.7 Å². The Bertz CT molecular complexity index is 549. The molecule has 0 aromatic heterocycles. The summed E-state index contributed by atoms with van der Waals surface area (Å²) in [6.07, 6.45) is 1.16. The van der Waals surface area contributed by atoms with E-state index in [9.17, 15) is 9.90 Å². The van der Waals surface area contributed by atoms with Gasteiger partial charge in [-0.15, -0.1) is 0 Å². The number of hydrogen-bond donors (Lipinski definition) is 2. The van der Waals surface area contributed by atoms with E-state index in [1.165, 1.54) is 5.56 Å². The smallest absolute Gasteiger partial charge is 0.223 e. The third-order valence-corrected chi connectivity index (χ3v) is 4.68. The second-order valence-corrected chi connectivity index (χ2v) is 6.72. The maximum Gasteiger partial charge on any atom is 0.223 e. The number of nitrogens with one attached hydrogen (secondary N) is 1. The predicted molar refractivity (Wildman–Crippen MR) is 93.3 cm³/mol. The lowest BCUT2D eigenvalue weighted by Gasteiger charge is -2.31. The van der Waals surface area contributed by atoms with Crippen LogP contribution in [-0.2, 0) is 9.53 Å². The first-order valence-corrected chi connectivity index (χ1v) is 8.61. The van der Waals surface area contributed by atoms with E-state index in [1.807, 2.05) is 13.8 Å². The number of ether oxygens (including phenoxy) is 2. The molecule has 0 spiro atoms. The number of aliphatic hydroxyl groups is 1. The van der Waals surface area contributed by atoms with Crippen LogP contribution in [0.5, 0.6) is 5.75 Å². The molecule has 0 aliphatic heterocycles. The van der Waals surface area contributed by atoms with Gasteiger partial charge in [-0.2, -0.15) is 0 Å². The van der Waals surface area contributed by atoms with Crippen LogP contribution in [0.25, 0.3) is 0 Å². The Morgan fingerprint density at radius 3 is 2.54 bits per heavy atom. The Morgan fingerprint density at radius 2 is 1.92 bits per heavy atom. The zero-order chi connectivity index (χ0) is 17.7. The highest BCUT2D eigenvalue weighted by Gasteiger charge is 2.32. The summed E-state index contributed by atoms with van der Waals surface area (Å²) in [7, 11) is 1.58. The van der Waals surface area contributed by atoms with Crippen LogP contribution in [0.15, 0.2) is 12.1 Å². The van der Waals surface area contributed by atoms with Gasteiger partial charge in [0, 0.05) is 13.0 Å². The summed E-state index contributed by atoms with van der Waals surface area (Å²) in [6, 6.07) is 4.19. The minimum atomic E-state index is -0.463. The van der Waals surface area contributed by atoms with Crippen molar-refractivity contribution in [2.24, 2.45) is 5.92 Å². The monoisotopic (exact) mass is 335 g/mol. The molecule has 5 heteroatoms. The summed E-state index contributed by atoms with van der Waals surface area (Å²) in [4.78, 5) is 12.3. The second-order valence-electron chi connectivity index (χ2n) is 6.72. The second kappa shape index (κ2) is 8.49. The summed E-state index contributed by atoms with van der Waals surface area (Å²) in [6.45, 7) is 7.05. The number of hydrogen-bond acceptors (Lipinski definition) is 4. The average molecular weight is 335 g/mol. The standard InChI is InChI=1S/C19H29NO4/c1-12-9-13(2)18(14(3)10-12)24-8-7-20-19(22)15-5-6-16(21)17(11-15)23-4/h9-10,15-17,21H,5-8,11H2,1-4H3,(H,20,22)/t15-,16+,17-/m1/s1. The molecule has 3 atom stereocenters. The van der Waals surface area contributed by atoms with Gasteiger partial charge in [-0.25, -0.2) is 0 Å². The van der Waals surface area contributed by atoms with E-state index in [4.69, 9.17) is 9.47 Å². The first-order valence-electron chi connectivity index (χ1n) is 8.61. The molecule has 0 unspecified atom stereocenters. The largest absolute Gasteiger partial charge is 0.491 e. The van der Waals surface area contributed by atoms with Gasteiger partial charge in [0.05, 0.1) is 18.8 Å². The van der Waals surface area contributed by atoms with Crippen molar-refractivity contribution in [1.29, 1.82) is 0 Å². The molecule has 0 bridgehead atoms. The number of amides is 1. The van der Waals surface area contributed by atoms with Crippen molar-refractivity contribution in [2.45, 2.75) is 52.2 Å². The van der Waals surface area contributed by atoms with E-state index in [2.05, 4.69) is 24.4 Å². The lowest BCUT2D eigenvalue weighted by molar-refractivity contribution is -0.130. The van der Waals surface area contributed by atoms with Crippen molar-refractivity contribution in [3.05, 3.63) is 28.8 Å². The number of aliphatic hydroxyl groups excluding tert-OH is 1. The maximum atomic E-state index is 12.3. The predicted octanol–water partition coefficient (Wildman–Crippen LogP) is 2.28. The Morgan fingerprint density at radius 1 is 1.25 bits per heavy atom. The molecular weight excluding hydrogens is 306 g/mol. The van der Waals surface area contributed by atoms with Gasteiger partial charge in [0.25, 0.3) is 0 Å². The third-order valence-electron chi connectivity index (χ3n) is 4.68. The molecule has 0 radical (unpaired) electrons. The number of methoxy groups -OCH3 is 1. The number of rotatable bonds is 6. The van der Waals surface area contributed by atoms with Gasteiger partial charge in [-0.05, 0) is 51.2 Å². The van der Waals surface area contributed by atoms with Crippen molar-refractivity contribution in [2.75, 3.05) is 20.3 Å². The van der Waals surface area contributed by atoms with E-state index in [-0.39, 0.29) is 17.9 Å². The van der Waals surface area contributed by atoms with E-state index < -0.39 is 6.10 Å². The highest BCUT2D eigenvalue weighted by Crippen LogP contribution is 2.27. The Labute approximate surface area is 144 Å². The average Bonchev–Trinajstić information content (AvgIpc) is 2.53. The van der Waals surface area contributed by atoms with Gasteiger partial charge < -0.3 is 19.9 Å². The molecule has 1 fully saturated rings. The van der Waals surface area contributed by atoms with Crippen LogP contribution in [-0.4, -0.2) is 43.5 Å². The summed E-state index contributed by atoms with van der Waals surface area (Å²) >= 11 is 0. The highest BCUT2D eigenvalue weighted by molar-refractivity contribution is 5.78. The molecule has 0 saturated heterocycles. The van der Waals surface area contributed by atoms with Crippen LogP contribution in [0.2, 0.25) is 0 Å². The van der Waals surface area contributed by atoms with Gasteiger partial charge in [0.2, 0.25) is 5.91 Å². The van der Waals surface area contributed by atoms with Crippen LogP contribution < -0.4 is 10.1 Å². The Kier molecular flexibility index (Phi) is 6.63. The first kappa shape index (κ1) is 18.7. The molecule has 1 aliphatic rings. The van der Waals surface area contributed by atoms with Crippen LogP contribution >= 0.6 is 0 Å². The Hall–Kier alpha value is -1.59. The summed E-state index contributed by atoms with van der Waals surface area (Å²) in [5.41, 5.74) is 3.45. The van der Waals surface area contributed by atoms with Crippen LogP contribution in [0.1, 0.15) is 36.0 Å². The molecule has 134 valence electrons. The molecule has 5 nitrogen and oxygen atoms in total. The quantitative estimate of drug-likeness (QED) is 0.783. The van der Waals surface area contributed by atoms with Crippen molar-refractivity contribution >= 4 is 5.91 Å². The normalized spacial score (nSPS) is 23.8. The zero-order valence-corrected chi connectivity index (χ0v) is 15.1. The third kappa shape index (κ3) is 4.71. The fourth-order valence-corrected chi connectivity index (χ4v) is 3.47. The topological polar surface area (TPSA) is 67.8 Å². The Balaban J connectivity index is 1.77. The van der Waals surface area contributed by atoms with Crippen LogP contribution in [0.4, 0.5) is 0 Å². The molecule has 0 heterocycles. The molecule has 1 aromatic carbocycles. The van der Waals surface area contributed by atoms with Crippen molar-refractivity contribution in [3.8, 4) is 5.75 Å². The minimum Gasteiger partial charge on any atom is -0.491 e. The zero-order valence-electron chi connectivity index (χ0n) is 15.1. The summed E-state index contributed by atoms with van der Waals surface area (Å²) in [5, 5.41) is 12.7. The molecule has 2 N–H and O–H groups in total. The lowest BCUT2D eigenvalue weighted by atomic mass is 9.84.